The van der Waals surface area contributed by atoms with Crippen molar-refractivity contribution in [1.29, 1.82) is 0 Å². The van der Waals surface area contributed by atoms with Gasteiger partial charge in [0.15, 0.2) is 5.82 Å². The van der Waals surface area contributed by atoms with Gasteiger partial charge in [0, 0.05) is 44.2 Å². The van der Waals surface area contributed by atoms with Crippen LogP contribution in [0.2, 0.25) is 0 Å². The minimum absolute atomic E-state index is 0.0350. The summed E-state index contributed by atoms with van der Waals surface area (Å²) in [5, 5.41) is 4.05. The zero-order valence-electron chi connectivity index (χ0n) is 20.2. The van der Waals surface area contributed by atoms with Gasteiger partial charge in [0.05, 0.1) is 12.2 Å². The number of amides is 1. The smallest absolute Gasteiger partial charge is 0.324 e. The maximum atomic E-state index is 14.6. The Morgan fingerprint density at radius 3 is 2.74 bits per heavy atom. The number of benzene rings is 1. The fourth-order valence-electron chi connectivity index (χ4n) is 4.69. The van der Waals surface area contributed by atoms with E-state index >= 15 is 0 Å². The number of aromatic nitrogens is 2. The normalized spacial score (nSPS) is 19.6. The first-order chi connectivity index (χ1) is 16.4. The van der Waals surface area contributed by atoms with Gasteiger partial charge in [-0.05, 0) is 56.6 Å². The van der Waals surface area contributed by atoms with Gasteiger partial charge >= 0.3 is 6.01 Å². The van der Waals surface area contributed by atoms with E-state index in [1.54, 1.807) is 11.0 Å². The number of ether oxygens (including phenoxy) is 1. The molecule has 2 fully saturated rings. The van der Waals surface area contributed by atoms with Crippen LogP contribution in [0.4, 0.5) is 10.4 Å². The number of hydrogen-bond donors (Lipinski definition) is 1. The third-order valence-electron chi connectivity index (χ3n) is 6.77. The van der Waals surface area contributed by atoms with Crippen LogP contribution in [0.1, 0.15) is 74.5 Å². The van der Waals surface area contributed by atoms with Gasteiger partial charge in [-0.1, -0.05) is 19.0 Å². The molecule has 0 aliphatic carbocycles. The molecule has 2 aliphatic heterocycles. The zero-order valence-corrected chi connectivity index (χ0v) is 20.2. The van der Waals surface area contributed by atoms with Crippen LogP contribution in [0, 0.1) is 11.7 Å². The number of carbonyl (C=O) groups is 1. The number of nitrogens with zero attached hydrogens (tertiary/aromatic N) is 4. The predicted molar refractivity (Wildman–Crippen MR) is 128 cm³/mol. The summed E-state index contributed by atoms with van der Waals surface area (Å²) in [4.78, 5) is 20.9. The molecule has 186 valence electrons. The number of likely N-dealkylation sites (tertiary alicyclic amines) is 1. The average molecular weight is 474 g/mol. The Kier molecular flexibility index (Phi) is 8.03. The summed E-state index contributed by atoms with van der Waals surface area (Å²) in [6, 6.07) is 5.09. The van der Waals surface area contributed by atoms with Gasteiger partial charge in [-0.2, -0.15) is 4.98 Å². The molecule has 34 heavy (non-hydrogen) atoms. The number of rotatable bonds is 8. The molecule has 9 heteroatoms. The van der Waals surface area contributed by atoms with Crippen LogP contribution in [0.25, 0.3) is 0 Å². The van der Waals surface area contributed by atoms with Crippen molar-refractivity contribution in [2.24, 2.45) is 11.7 Å². The first kappa shape index (κ1) is 24.4. The monoisotopic (exact) mass is 473 g/mol. The first-order valence-electron chi connectivity index (χ1n) is 12.5. The van der Waals surface area contributed by atoms with E-state index in [2.05, 4.69) is 28.9 Å². The lowest BCUT2D eigenvalue weighted by Gasteiger charge is -2.31. The second-order valence-corrected chi connectivity index (χ2v) is 9.81. The van der Waals surface area contributed by atoms with Gasteiger partial charge in [0.1, 0.15) is 11.6 Å². The molecule has 1 aromatic heterocycles. The molecule has 1 aromatic carbocycles. The summed E-state index contributed by atoms with van der Waals surface area (Å²) in [5.41, 5.74) is 6.03. The van der Waals surface area contributed by atoms with Crippen molar-refractivity contribution >= 4 is 11.9 Å². The molecule has 1 atom stereocenters. The molecule has 3 heterocycles. The Labute approximate surface area is 200 Å². The van der Waals surface area contributed by atoms with Crippen molar-refractivity contribution < 1.29 is 18.4 Å². The molecule has 2 aliphatic rings. The minimum atomic E-state index is -0.546. The molecule has 2 aromatic rings. The number of anilines is 1. The number of hydrogen-bond acceptors (Lipinski definition) is 7. The third kappa shape index (κ3) is 6.05. The highest BCUT2D eigenvalue weighted by atomic mass is 19.1. The van der Waals surface area contributed by atoms with Crippen LogP contribution in [0.15, 0.2) is 22.7 Å². The summed E-state index contributed by atoms with van der Waals surface area (Å²) in [6.45, 7) is 7.55. The van der Waals surface area contributed by atoms with Crippen LogP contribution in [-0.4, -0.2) is 59.8 Å². The second-order valence-electron chi connectivity index (χ2n) is 9.81. The number of nitrogens with two attached hydrogens (primary N) is 1. The van der Waals surface area contributed by atoms with Crippen molar-refractivity contribution in [3.63, 3.8) is 0 Å². The fourth-order valence-corrected chi connectivity index (χ4v) is 4.69. The quantitative estimate of drug-likeness (QED) is 0.579. The van der Waals surface area contributed by atoms with Crippen LogP contribution >= 0.6 is 0 Å². The molecule has 1 unspecified atom stereocenters. The second kappa shape index (κ2) is 11.2. The van der Waals surface area contributed by atoms with E-state index in [4.69, 9.17) is 15.0 Å². The van der Waals surface area contributed by atoms with E-state index in [-0.39, 0.29) is 23.4 Å². The minimum Gasteiger partial charge on any atom is -0.493 e. The van der Waals surface area contributed by atoms with Gasteiger partial charge in [0.25, 0.3) is 5.91 Å². The maximum Gasteiger partial charge on any atom is 0.324 e. The SMILES string of the molecule is CC(C)c1noc(N2CCC(CCCOc3ccc(C(=O)N4CCCC(N)C4)c(F)c3)CC2)n1. The lowest BCUT2D eigenvalue weighted by molar-refractivity contribution is 0.0704. The molecule has 2 saturated heterocycles. The topological polar surface area (TPSA) is 97.7 Å². The molecule has 0 bridgehead atoms. The summed E-state index contributed by atoms with van der Waals surface area (Å²) < 4.78 is 25.8. The van der Waals surface area contributed by atoms with Crippen molar-refractivity contribution in [3.05, 3.63) is 35.4 Å². The average Bonchev–Trinajstić information content (AvgIpc) is 3.33. The number of halogens is 1. The van der Waals surface area contributed by atoms with Crippen LogP contribution in [0.5, 0.6) is 5.75 Å². The van der Waals surface area contributed by atoms with Gasteiger partial charge in [-0.3, -0.25) is 4.79 Å². The Hall–Kier alpha value is -2.68. The van der Waals surface area contributed by atoms with Gasteiger partial charge < -0.3 is 24.8 Å². The zero-order chi connectivity index (χ0) is 24.1. The van der Waals surface area contributed by atoms with Gasteiger partial charge in [-0.25, -0.2) is 4.39 Å². The standard InChI is InChI=1S/C25H36FN5O3/c1-17(2)23-28-25(34-29-23)30-12-9-18(10-13-30)5-4-14-33-20-7-8-21(22(26)15-20)24(32)31-11-3-6-19(27)16-31/h7-8,15,17-19H,3-6,9-14,16,27H2,1-2H3. The van der Waals surface area contributed by atoms with E-state index in [9.17, 15) is 9.18 Å². The number of piperidine rings is 2. The Balaban J connectivity index is 1.18. The largest absolute Gasteiger partial charge is 0.493 e. The summed E-state index contributed by atoms with van der Waals surface area (Å²) in [7, 11) is 0. The summed E-state index contributed by atoms with van der Waals surface area (Å²) >= 11 is 0. The lowest BCUT2D eigenvalue weighted by Crippen LogP contribution is -2.45. The fraction of sp³-hybridized carbons (Fsp3) is 0.640. The van der Waals surface area contributed by atoms with E-state index in [0.717, 1.165) is 57.4 Å². The Morgan fingerprint density at radius 2 is 2.06 bits per heavy atom. The van der Waals surface area contributed by atoms with Crippen LogP contribution in [-0.2, 0) is 0 Å². The third-order valence-corrected chi connectivity index (χ3v) is 6.77. The summed E-state index contributed by atoms with van der Waals surface area (Å²) in [5.74, 6) is 1.24. The molecule has 1 amide bonds. The molecule has 8 nitrogen and oxygen atoms in total. The molecule has 2 N–H and O–H groups in total. The molecular weight excluding hydrogens is 437 g/mol. The number of carbonyl (C=O) groups excluding carboxylic acids is 1. The van der Waals surface area contributed by atoms with Crippen molar-refractivity contribution in [3.8, 4) is 5.75 Å². The molecule has 4 rings (SSSR count). The highest BCUT2D eigenvalue weighted by molar-refractivity contribution is 5.94. The van der Waals surface area contributed by atoms with Crippen LogP contribution in [0.3, 0.4) is 0 Å². The maximum absolute atomic E-state index is 14.6. The van der Waals surface area contributed by atoms with E-state index in [0.29, 0.717) is 37.4 Å². The lowest BCUT2D eigenvalue weighted by atomic mass is 9.92. The van der Waals surface area contributed by atoms with E-state index in [1.807, 2.05) is 0 Å². The molecule has 0 spiro atoms. The Morgan fingerprint density at radius 1 is 1.26 bits per heavy atom. The highest BCUT2D eigenvalue weighted by Crippen LogP contribution is 2.26. The van der Waals surface area contributed by atoms with E-state index < -0.39 is 5.82 Å². The van der Waals surface area contributed by atoms with Gasteiger partial charge in [-0.15, -0.1) is 0 Å². The predicted octanol–water partition coefficient (Wildman–Crippen LogP) is 3.97. The highest BCUT2D eigenvalue weighted by Gasteiger charge is 2.25. The van der Waals surface area contributed by atoms with E-state index in [1.165, 1.54) is 12.1 Å². The van der Waals surface area contributed by atoms with Crippen molar-refractivity contribution in [2.75, 3.05) is 37.7 Å². The molecule has 0 saturated carbocycles. The summed E-state index contributed by atoms with van der Waals surface area (Å²) in [6.07, 6.45) is 5.86. The molecule has 0 radical (unpaired) electrons. The molecular formula is C25H36FN5O3. The van der Waals surface area contributed by atoms with Crippen LogP contribution < -0.4 is 15.4 Å². The first-order valence-corrected chi connectivity index (χ1v) is 12.5. The van der Waals surface area contributed by atoms with Crippen molar-refractivity contribution in [1.82, 2.24) is 15.0 Å². The van der Waals surface area contributed by atoms with Gasteiger partial charge in [0.2, 0.25) is 0 Å². The van der Waals surface area contributed by atoms with Crippen molar-refractivity contribution in [2.45, 2.75) is 64.3 Å². The Bertz CT molecular complexity index is 958.